The van der Waals surface area contributed by atoms with E-state index in [0.717, 1.165) is 10.5 Å². The first-order valence-corrected chi connectivity index (χ1v) is 8.88. The molecule has 2 aromatic rings. The van der Waals surface area contributed by atoms with Crippen molar-refractivity contribution >= 4 is 40.9 Å². The minimum atomic E-state index is -1.05. The number of rotatable bonds is 5. The third-order valence-corrected chi connectivity index (χ3v) is 4.95. The highest BCUT2D eigenvalue weighted by molar-refractivity contribution is 8.18. The van der Waals surface area contributed by atoms with Crippen LogP contribution in [0.2, 0.25) is 0 Å². The SMILES string of the molecule is COC(=O)CN1C(=O)SC(=Cc2ccc(-c3cc(C(=O)O)ccc3C)o2)C1=O. The monoisotopic (exact) mass is 401 g/mol. The van der Waals surface area contributed by atoms with Gasteiger partial charge in [-0.05, 0) is 48.5 Å². The van der Waals surface area contributed by atoms with Crippen LogP contribution in [0.5, 0.6) is 0 Å². The third-order valence-electron chi connectivity index (χ3n) is 4.04. The lowest BCUT2D eigenvalue weighted by Gasteiger charge is -2.09. The quantitative estimate of drug-likeness (QED) is 0.600. The molecule has 1 fully saturated rings. The summed E-state index contributed by atoms with van der Waals surface area (Å²) >= 11 is 0.697. The Hall–Kier alpha value is -3.33. The summed E-state index contributed by atoms with van der Waals surface area (Å²) in [6.07, 6.45) is 1.40. The van der Waals surface area contributed by atoms with Crippen LogP contribution in [0.1, 0.15) is 21.7 Å². The molecule has 0 aliphatic carbocycles. The zero-order valence-electron chi connectivity index (χ0n) is 14.9. The molecule has 8 nitrogen and oxygen atoms in total. The van der Waals surface area contributed by atoms with Crippen LogP contribution in [0.25, 0.3) is 17.4 Å². The lowest BCUT2D eigenvalue weighted by atomic mass is 10.0. The maximum atomic E-state index is 12.3. The molecule has 3 rings (SSSR count). The van der Waals surface area contributed by atoms with Crippen LogP contribution in [-0.2, 0) is 14.3 Å². The highest BCUT2D eigenvalue weighted by Crippen LogP contribution is 2.33. The Morgan fingerprint density at radius 2 is 2.00 bits per heavy atom. The summed E-state index contributed by atoms with van der Waals surface area (Å²) in [5.41, 5.74) is 1.56. The van der Waals surface area contributed by atoms with Gasteiger partial charge in [0.15, 0.2) is 0 Å². The molecule has 2 amide bonds. The number of hydrogen-bond acceptors (Lipinski definition) is 7. The summed E-state index contributed by atoms with van der Waals surface area (Å²) in [6, 6.07) is 7.95. The van der Waals surface area contributed by atoms with Gasteiger partial charge in [-0.2, -0.15) is 0 Å². The molecule has 28 heavy (non-hydrogen) atoms. The smallest absolute Gasteiger partial charge is 0.335 e. The van der Waals surface area contributed by atoms with Gasteiger partial charge in [0.05, 0.1) is 17.6 Å². The first kappa shape index (κ1) is 19.4. The van der Waals surface area contributed by atoms with Crippen molar-refractivity contribution < 1.29 is 33.4 Å². The molecular formula is C19H15NO7S. The number of carboxylic acid groups (broad SMARTS) is 1. The second kappa shape index (κ2) is 7.73. The number of furan rings is 1. The number of benzene rings is 1. The van der Waals surface area contributed by atoms with Crippen LogP contribution in [0, 0.1) is 6.92 Å². The second-order valence-electron chi connectivity index (χ2n) is 5.88. The normalized spacial score (nSPS) is 15.4. The van der Waals surface area contributed by atoms with Gasteiger partial charge >= 0.3 is 11.9 Å². The average molecular weight is 401 g/mol. The summed E-state index contributed by atoms with van der Waals surface area (Å²) in [4.78, 5) is 47.7. The number of imide groups is 1. The van der Waals surface area contributed by atoms with Gasteiger partial charge in [-0.25, -0.2) is 4.79 Å². The molecule has 1 aliphatic heterocycles. The number of hydrogen-bond donors (Lipinski definition) is 1. The molecule has 0 saturated carbocycles. The summed E-state index contributed by atoms with van der Waals surface area (Å²) < 4.78 is 10.2. The molecule has 1 saturated heterocycles. The van der Waals surface area contributed by atoms with E-state index in [9.17, 15) is 19.2 Å². The number of carboxylic acids is 1. The fourth-order valence-electron chi connectivity index (χ4n) is 2.55. The number of methoxy groups -OCH3 is 1. The van der Waals surface area contributed by atoms with E-state index in [1.54, 1.807) is 18.2 Å². The molecule has 1 aliphatic rings. The van der Waals surface area contributed by atoms with E-state index in [2.05, 4.69) is 4.74 Å². The number of thioether (sulfide) groups is 1. The van der Waals surface area contributed by atoms with Gasteiger partial charge in [-0.3, -0.25) is 19.3 Å². The lowest BCUT2D eigenvalue weighted by molar-refractivity contribution is -0.143. The zero-order chi connectivity index (χ0) is 20.4. The largest absolute Gasteiger partial charge is 0.478 e. The van der Waals surface area contributed by atoms with Gasteiger partial charge in [-0.1, -0.05) is 6.07 Å². The molecular weight excluding hydrogens is 386 g/mol. The van der Waals surface area contributed by atoms with Crippen molar-refractivity contribution in [2.45, 2.75) is 6.92 Å². The molecule has 0 atom stereocenters. The van der Waals surface area contributed by atoms with E-state index in [1.165, 1.54) is 25.3 Å². The second-order valence-corrected chi connectivity index (χ2v) is 6.87. The van der Waals surface area contributed by atoms with Crippen molar-refractivity contribution in [3.05, 3.63) is 52.1 Å². The Kier molecular flexibility index (Phi) is 5.36. The van der Waals surface area contributed by atoms with E-state index in [0.29, 0.717) is 28.8 Å². The molecule has 1 N–H and O–H groups in total. The Morgan fingerprint density at radius 3 is 2.68 bits per heavy atom. The van der Waals surface area contributed by atoms with E-state index in [1.807, 2.05) is 6.92 Å². The third kappa shape index (κ3) is 3.84. The number of nitrogens with zero attached hydrogens (tertiary/aromatic N) is 1. The summed E-state index contributed by atoms with van der Waals surface area (Å²) in [5.74, 6) is -1.60. The Labute approximate surface area is 163 Å². The molecule has 0 bridgehead atoms. The highest BCUT2D eigenvalue weighted by Gasteiger charge is 2.36. The summed E-state index contributed by atoms with van der Waals surface area (Å²) in [7, 11) is 1.17. The molecule has 9 heteroatoms. The topological polar surface area (TPSA) is 114 Å². The fraction of sp³-hybridized carbons (Fsp3) is 0.158. The van der Waals surface area contributed by atoms with E-state index in [-0.39, 0.29) is 10.5 Å². The minimum Gasteiger partial charge on any atom is -0.478 e. The van der Waals surface area contributed by atoms with E-state index in [4.69, 9.17) is 9.52 Å². The van der Waals surface area contributed by atoms with Crippen molar-refractivity contribution in [2.75, 3.05) is 13.7 Å². The predicted molar refractivity (Wildman–Crippen MR) is 101 cm³/mol. The van der Waals surface area contributed by atoms with Gasteiger partial charge in [0.1, 0.15) is 18.1 Å². The molecule has 1 aromatic carbocycles. The van der Waals surface area contributed by atoms with Crippen molar-refractivity contribution in [1.82, 2.24) is 4.90 Å². The molecule has 0 spiro atoms. The predicted octanol–water partition coefficient (Wildman–Crippen LogP) is 3.16. The minimum absolute atomic E-state index is 0.116. The number of aryl methyl sites for hydroxylation is 1. The number of aromatic carboxylic acids is 1. The standard InChI is InChI=1S/C19H15NO7S/c1-10-3-4-11(18(23)24)7-13(10)14-6-5-12(27-14)8-15-17(22)20(19(25)28-15)9-16(21)26-2/h3-8H,9H2,1-2H3,(H,23,24). The van der Waals surface area contributed by atoms with Crippen molar-refractivity contribution in [3.8, 4) is 11.3 Å². The van der Waals surface area contributed by atoms with Gasteiger partial charge in [0, 0.05) is 11.6 Å². The maximum absolute atomic E-state index is 12.3. The van der Waals surface area contributed by atoms with Crippen molar-refractivity contribution in [2.24, 2.45) is 0 Å². The Balaban J connectivity index is 1.86. The van der Waals surface area contributed by atoms with E-state index < -0.39 is 29.6 Å². The maximum Gasteiger partial charge on any atom is 0.335 e. The van der Waals surface area contributed by atoms with Crippen LogP contribution >= 0.6 is 11.8 Å². The van der Waals surface area contributed by atoms with Crippen LogP contribution in [0.4, 0.5) is 4.79 Å². The number of carbonyl (C=O) groups excluding carboxylic acids is 3. The molecule has 144 valence electrons. The first-order valence-electron chi connectivity index (χ1n) is 8.06. The van der Waals surface area contributed by atoms with Crippen LogP contribution < -0.4 is 0 Å². The number of amides is 2. The van der Waals surface area contributed by atoms with Crippen molar-refractivity contribution in [3.63, 3.8) is 0 Å². The molecule has 0 radical (unpaired) electrons. The van der Waals surface area contributed by atoms with E-state index >= 15 is 0 Å². The van der Waals surface area contributed by atoms with Crippen LogP contribution in [-0.4, -0.2) is 46.7 Å². The lowest BCUT2D eigenvalue weighted by Crippen LogP contribution is -2.34. The first-order chi connectivity index (χ1) is 13.3. The Morgan fingerprint density at radius 1 is 1.25 bits per heavy atom. The fourth-order valence-corrected chi connectivity index (χ4v) is 3.37. The number of carbonyl (C=O) groups is 4. The van der Waals surface area contributed by atoms with Gasteiger partial charge in [0.2, 0.25) is 0 Å². The number of ether oxygens (including phenoxy) is 1. The van der Waals surface area contributed by atoms with Crippen LogP contribution in [0.3, 0.4) is 0 Å². The molecule has 0 unspecified atom stereocenters. The highest BCUT2D eigenvalue weighted by atomic mass is 32.2. The van der Waals surface area contributed by atoms with Gasteiger partial charge in [-0.15, -0.1) is 0 Å². The molecule has 1 aromatic heterocycles. The Bertz CT molecular complexity index is 1020. The van der Waals surface area contributed by atoms with Crippen LogP contribution in [0.15, 0.2) is 39.7 Å². The van der Waals surface area contributed by atoms with Crippen molar-refractivity contribution in [1.29, 1.82) is 0 Å². The van der Waals surface area contributed by atoms with Gasteiger partial charge in [0.25, 0.3) is 11.1 Å². The molecule has 2 heterocycles. The zero-order valence-corrected chi connectivity index (χ0v) is 15.7. The summed E-state index contributed by atoms with van der Waals surface area (Å²) in [5, 5.41) is 8.58. The summed E-state index contributed by atoms with van der Waals surface area (Å²) in [6.45, 7) is 1.37. The van der Waals surface area contributed by atoms with Gasteiger partial charge < -0.3 is 14.3 Å². The average Bonchev–Trinajstić information content (AvgIpc) is 3.22. The number of esters is 1.